The Bertz CT molecular complexity index is 550. The molecule has 0 spiro atoms. The smallest absolute Gasteiger partial charge is 0.274 e. The lowest BCUT2D eigenvalue weighted by Gasteiger charge is -2.35. The van der Waals surface area contributed by atoms with Crippen LogP contribution in [0.4, 0.5) is 0 Å². The van der Waals surface area contributed by atoms with Crippen LogP contribution in [0.3, 0.4) is 0 Å². The number of hydrogen-bond donors (Lipinski definition) is 0. The Morgan fingerprint density at radius 1 is 1.21 bits per heavy atom. The summed E-state index contributed by atoms with van der Waals surface area (Å²) in [7, 11) is 2.26. The molecule has 0 saturated carbocycles. The maximum atomic E-state index is 6.15. The molecule has 4 rings (SSSR count). The summed E-state index contributed by atoms with van der Waals surface area (Å²) in [6.07, 6.45) is 5.34. The molecular weight excluding hydrogens is 256 g/mol. The number of aromatic nitrogens is 1. The summed E-state index contributed by atoms with van der Waals surface area (Å²) in [6.45, 7) is 0. The van der Waals surface area contributed by atoms with Gasteiger partial charge >= 0.3 is 0 Å². The molecule has 2 aliphatic rings. The number of hydrogen-bond acceptors (Lipinski definition) is 4. The van der Waals surface area contributed by atoms with Crippen molar-refractivity contribution in [3.05, 3.63) is 24.3 Å². The summed E-state index contributed by atoms with van der Waals surface area (Å²) >= 11 is 1.67. The number of piperidine rings is 1. The number of fused-ring (bicyclic) bond motifs is 3. The van der Waals surface area contributed by atoms with Crippen molar-refractivity contribution in [2.75, 3.05) is 7.05 Å². The molecule has 3 atom stereocenters. The molecule has 1 aromatic heterocycles. The van der Waals surface area contributed by atoms with Crippen LogP contribution in [0.15, 0.2) is 24.3 Å². The van der Waals surface area contributed by atoms with Gasteiger partial charge in [-0.1, -0.05) is 23.5 Å². The minimum Gasteiger partial charge on any atom is -0.467 e. The lowest BCUT2D eigenvalue weighted by Crippen LogP contribution is -2.43. The van der Waals surface area contributed by atoms with Crippen LogP contribution in [0, 0.1) is 0 Å². The Morgan fingerprint density at radius 2 is 1.95 bits per heavy atom. The first-order valence-electron chi connectivity index (χ1n) is 7.04. The van der Waals surface area contributed by atoms with Gasteiger partial charge in [-0.3, -0.25) is 0 Å². The summed E-state index contributed by atoms with van der Waals surface area (Å²) in [4.78, 5) is 7.12. The summed E-state index contributed by atoms with van der Waals surface area (Å²) in [5, 5.41) is 0.843. The zero-order chi connectivity index (χ0) is 12.8. The second kappa shape index (κ2) is 4.46. The largest absolute Gasteiger partial charge is 0.467 e. The van der Waals surface area contributed by atoms with Gasteiger partial charge < -0.3 is 9.64 Å². The first kappa shape index (κ1) is 11.7. The SMILES string of the molecule is CN1[C@@H]2CC[C@H]1C[C@@H](Oc1nc3ccccc3s1)C2. The van der Waals surface area contributed by atoms with Crippen molar-refractivity contribution in [1.29, 1.82) is 0 Å². The van der Waals surface area contributed by atoms with Crippen molar-refractivity contribution < 1.29 is 4.74 Å². The van der Waals surface area contributed by atoms with Gasteiger partial charge in [-0.05, 0) is 44.9 Å². The highest BCUT2D eigenvalue weighted by molar-refractivity contribution is 7.20. The molecule has 0 aliphatic carbocycles. The minimum absolute atomic E-state index is 0.356. The topological polar surface area (TPSA) is 25.4 Å². The second-order valence-electron chi connectivity index (χ2n) is 5.71. The van der Waals surface area contributed by atoms with E-state index in [1.165, 1.54) is 17.5 Å². The monoisotopic (exact) mass is 274 g/mol. The molecule has 2 fully saturated rings. The van der Waals surface area contributed by atoms with Gasteiger partial charge in [0.2, 0.25) is 0 Å². The van der Waals surface area contributed by atoms with E-state index < -0.39 is 0 Å². The average molecular weight is 274 g/mol. The molecule has 0 N–H and O–H groups in total. The van der Waals surface area contributed by atoms with Crippen LogP contribution < -0.4 is 4.74 Å². The maximum Gasteiger partial charge on any atom is 0.274 e. The highest BCUT2D eigenvalue weighted by Crippen LogP contribution is 2.37. The standard InChI is InChI=1S/C15H18N2OS/c1-17-10-6-7-11(17)9-12(8-10)18-15-16-13-4-2-3-5-14(13)19-15/h2-5,10-12H,6-9H2,1H3/t10-,11+,12+. The van der Waals surface area contributed by atoms with Crippen molar-refractivity contribution in [1.82, 2.24) is 9.88 Å². The molecule has 3 nitrogen and oxygen atoms in total. The Balaban J connectivity index is 1.52. The second-order valence-corrected chi connectivity index (χ2v) is 6.70. The fraction of sp³-hybridized carbons (Fsp3) is 0.533. The van der Waals surface area contributed by atoms with E-state index in [-0.39, 0.29) is 0 Å². The van der Waals surface area contributed by atoms with E-state index in [9.17, 15) is 0 Å². The molecule has 3 heterocycles. The lowest BCUT2D eigenvalue weighted by molar-refractivity contribution is 0.0661. The fourth-order valence-electron chi connectivity index (χ4n) is 3.50. The Hall–Kier alpha value is -1.13. The van der Waals surface area contributed by atoms with Crippen molar-refractivity contribution in [3.8, 4) is 5.19 Å². The van der Waals surface area contributed by atoms with Crippen molar-refractivity contribution in [2.24, 2.45) is 0 Å². The van der Waals surface area contributed by atoms with Gasteiger partial charge in [-0.2, -0.15) is 0 Å². The van der Waals surface area contributed by atoms with Gasteiger partial charge in [0.25, 0.3) is 5.19 Å². The van der Waals surface area contributed by atoms with Crippen LogP contribution >= 0.6 is 11.3 Å². The predicted molar refractivity (Wildman–Crippen MR) is 77.8 cm³/mol. The minimum atomic E-state index is 0.356. The predicted octanol–water partition coefficient (Wildman–Crippen LogP) is 3.30. The van der Waals surface area contributed by atoms with E-state index in [2.05, 4.69) is 35.1 Å². The van der Waals surface area contributed by atoms with Gasteiger partial charge in [0.05, 0.1) is 10.2 Å². The van der Waals surface area contributed by atoms with Crippen molar-refractivity contribution >= 4 is 21.6 Å². The summed E-state index contributed by atoms with van der Waals surface area (Å²) < 4.78 is 7.37. The van der Waals surface area contributed by atoms with Gasteiger partial charge in [-0.15, -0.1) is 0 Å². The van der Waals surface area contributed by atoms with Gasteiger partial charge in [0.15, 0.2) is 0 Å². The quantitative estimate of drug-likeness (QED) is 0.840. The van der Waals surface area contributed by atoms with Crippen LogP contribution in [-0.4, -0.2) is 35.1 Å². The Labute approximate surface area is 117 Å². The number of ether oxygens (including phenoxy) is 1. The zero-order valence-electron chi connectivity index (χ0n) is 11.1. The first-order chi connectivity index (χ1) is 9.29. The van der Waals surface area contributed by atoms with Gasteiger partial charge in [-0.25, -0.2) is 4.98 Å². The summed E-state index contributed by atoms with van der Waals surface area (Å²) in [6, 6.07) is 9.69. The normalized spacial score (nSPS) is 30.9. The van der Waals surface area contributed by atoms with E-state index in [1.54, 1.807) is 11.3 Å². The summed E-state index contributed by atoms with van der Waals surface area (Å²) in [5.41, 5.74) is 1.05. The van der Waals surface area contributed by atoms with Crippen LogP contribution in [-0.2, 0) is 0 Å². The average Bonchev–Trinajstić information content (AvgIpc) is 2.87. The summed E-state index contributed by atoms with van der Waals surface area (Å²) in [5.74, 6) is 0. The highest BCUT2D eigenvalue weighted by Gasteiger charge is 2.39. The molecule has 0 radical (unpaired) electrons. The molecule has 2 aliphatic heterocycles. The van der Waals surface area contributed by atoms with E-state index in [0.29, 0.717) is 6.10 Å². The van der Waals surface area contributed by atoms with E-state index in [1.807, 2.05) is 6.07 Å². The molecule has 100 valence electrons. The Morgan fingerprint density at radius 3 is 2.68 bits per heavy atom. The number of rotatable bonds is 2. The molecule has 4 heteroatoms. The van der Waals surface area contributed by atoms with Crippen molar-refractivity contribution in [3.63, 3.8) is 0 Å². The Kier molecular flexibility index (Phi) is 2.74. The molecule has 0 unspecified atom stereocenters. The van der Waals surface area contributed by atoms with Crippen molar-refractivity contribution in [2.45, 2.75) is 43.9 Å². The highest BCUT2D eigenvalue weighted by atomic mass is 32.1. The van der Waals surface area contributed by atoms with E-state index >= 15 is 0 Å². The van der Waals surface area contributed by atoms with Crippen LogP contribution in [0.25, 0.3) is 10.2 Å². The van der Waals surface area contributed by atoms with Crippen LogP contribution in [0.2, 0.25) is 0 Å². The third-order valence-electron chi connectivity index (χ3n) is 4.60. The number of thiazole rings is 1. The number of benzene rings is 1. The molecule has 2 aromatic rings. The third kappa shape index (κ3) is 2.03. The number of para-hydroxylation sites is 1. The fourth-order valence-corrected chi connectivity index (χ4v) is 4.38. The van der Waals surface area contributed by atoms with Crippen LogP contribution in [0.5, 0.6) is 5.19 Å². The first-order valence-corrected chi connectivity index (χ1v) is 7.85. The molecule has 19 heavy (non-hydrogen) atoms. The van der Waals surface area contributed by atoms with E-state index in [4.69, 9.17) is 4.74 Å². The molecule has 1 aromatic carbocycles. The lowest BCUT2D eigenvalue weighted by atomic mass is 10.0. The molecule has 2 bridgehead atoms. The van der Waals surface area contributed by atoms with Crippen LogP contribution in [0.1, 0.15) is 25.7 Å². The molecule has 0 amide bonds. The number of nitrogens with zero attached hydrogens (tertiary/aromatic N) is 2. The molecule has 2 saturated heterocycles. The van der Waals surface area contributed by atoms with E-state index in [0.717, 1.165) is 35.6 Å². The van der Waals surface area contributed by atoms with Gasteiger partial charge in [0.1, 0.15) is 6.10 Å². The molecular formula is C15H18N2OS. The van der Waals surface area contributed by atoms with Gasteiger partial charge in [0, 0.05) is 12.1 Å². The third-order valence-corrected chi connectivity index (χ3v) is 5.52. The zero-order valence-corrected chi connectivity index (χ0v) is 11.9. The maximum absolute atomic E-state index is 6.15.